The van der Waals surface area contributed by atoms with Gasteiger partial charge in [0.05, 0.1) is 6.54 Å². The SMILES string of the molecule is Cc1ccc(CN2C(=O)NC(=O)C3(CC3)C2=O)s1. The Labute approximate surface area is 108 Å². The molecule has 2 fully saturated rings. The molecule has 1 aliphatic carbocycles. The Balaban J connectivity index is 1.85. The van der Waals surface area contributed by atoms with Gasteiger partial charge < -0.3 is 0 Å². The largest absolute Gasteiger partial charge is 0.331 e. The minimum Gasteiger partial charge on any atom is -0.277 e. The zero-order valence-corrected chi connectivity index (χ0v) is 10.7. The van der Waals surface area contributed by atoms with Crippen molar-refractivity contribution >= 4 is 29.2 Å². The summed E-state index contributed by atoms with van der Waals surface area (Å²) in [6, 6.07) is 3.24. The molecule has 1 saturated carbocycles. The van der Waals surface area contributed by atoms with Crippen LogP contribution in [0.1, 0.15) is 22.6 Å². The van der Waals surface area contributed by atoms with E-state index < -0.39 is 17.4 Å². The third-order valence-corrected chi connectivity index (χ3v) is 4.40. The molecule has 5 nitrogen and oxygen atoms in total. The molecule has 1 spiro atoms. The molecular formula is C12H12N2O3S. The Morgan fingerprint density at radius 3 is 2.61 bits per heavy atom. The lowest BCUT2D eigenvalue weighted by molar-refractivity contribution is -0.145. The van der Waals surface area contributed by atoms with Crippen LogP contribution in [0.3, 0.4) is 0 Å². The molecule has 1 aromatic heterocycles. The number of imide groups is 2. The molecule has 0 aromatic carbocycles. The van der Waals surface area contributed by atoms with Gasteiger partial charge in [0.15, 0.2) is 0 Å². The summed E-state index contributed by atoms with van der Waals surface area (Å²) in [4.78, 5) is 38.8. The normalized spacial score (nSPS) is 21.4. The van der Waals surface area contributed by atoms with Gasteiger partial charge in [-0.2, -0.15) is 0 Å². The number of amides is 4. The fraction of sp³-hybridized carbons (Fsp3) is 0.417. The van der Waals surface area contributed by atoms with Crippen molar-refractivity contribution < 1.29 is 14.4 Å². The minimum absolute atomic E-state index is 0.248. The first kappa shape index (κ1) is 11.4. The molecular weight excluding hydrogens is 252 g/mol. The number of nitrogens with zero attached hydrogens (tertiary/aromatic N) is 1. The Hall–Kier alpha value is -1.69. The number of barbiturate groups is 1. The second-order valence-corrected chi connectivity index (χ2v) is 6.12. The van der Waals surface area contributed by atoms with Crippen molar-refractivity contribution in [3.8, 4) is 0 Å². The maximum absolute atomic E-state index is 12.2. The molecule has 0 unspecified atom stereocenters. The number of rotatable bonds is 2. The summed E-state index contributed by atoms with van der Waals surface area (Å²) >= 11 is 1.55. The molecule has 1 aliphatic heterocycles. The summed E-state index contributed by atoms with van der Waals surface area (Å²) in [7, 11) is 0. The molecule has 1 saturated heterocycles. The van der Waals surface area contributed by atoms with Crippen LogP contribution in [0.2, 0.25) is 0 Å². The number of nitrogens with one attached hydrogen (secondary N) is 1. The molecule has 94 valence electrons. The van der Waals surface area contributed by atoms with E-state index >= 15 is 0 Å². The average Bonchev–Trinajstić information content (AvgIpc) is 3.02. The molecule has 4 amide bonds. The van der Waals surface area contributed by atoms with E-state index in [-0.39, 0.29) is 12.5 Å². The third kappa shape index (κ3) is 1.56. The number of hydrogen-bond donors (Lipinski definition) is 1. The second-order valence-electron chi connectivity index (χ2n) is 4.75. The highest BCUT2D eigenvalue weighted by Crippen LogP contribution is 2.49. The second kappa shape index (κ2) is 3.65. The quantitative estimate of drug-likeness (QED) is 0.821. The molecule has 6 heteroatoms. The minimum atomic E-state index is -0.944. The number of aryl methyl sites for hydroxylation is 1. The van der Waals surface area contributed by atoms with Crippen LogP contribution in [0.25, 0.3) is 0 Å². The predicted molar refractivity (Wildman–Crippen MR) is 64.8 cm³/mol. The van der Waals surface area contributed by atoms with Gasteiger partial charge in [-0.1, -0.05) is 0 Å². The van der Waals surface area contributed by atoms with Gasteiger partial charge in [-0.15, -0.1) is 11.3 Å². The van der Waals surface area contributed by atoms with Crippen LogP contribution < -0.4 is 5.32 Å². The summed E-state index contributed by atoms with van der Waals surface area (Å²) in [5.41, 5.74) is -0.944. The molecule has 18 heavy (non-hydrogen) atoms. The zero-order chi connectivity index (χ0) is 12.9. The highest BCUT2D eigenvalue weighted by molar-refractivity contribution is 7.11. The lowest BCUT2D eigenvalue weighted by Gasteiger charge is -2.29. The van der Waals surface area contributed by atoms with Crippen molar-refractivity contribution in [3.63, 3.8) is 0 Å². The maximum Gasteiger partial charge on any atom is 0.331 e. The Kier molecular flexibility index (Phi) is 2.31. The van der Waals surface area contributed by atoms with Gasteiger partial charge in [-0.25, -0.2) is 4.79 Å². The molecule has 0 atom stereocenters. The van der Waals surface area contributed by atoms with Gasteiger partial charge in [-0.05, 0) is 31.9 Å². The first-order valence-corrected chi connectivity index (χ1v) is 6.57. The molecule has 1 N–H and O–H groups in total. The van der Waals surface area contributed by atoms with Crippen molar-refractivity contribution in [2.75, 3.05) is 0 Å². The van der Waals surface area contributed by atoms with Crippen LogP contribution in [0.5, 0.6) is 0 Å². The van der Waals surface area contributed by atoms with Gasteiger partial charge >= 0.3 is 6.03 Å². The first-order chi connectivity index (χ1) is 8.53. The van der Waals surface area contributed by atoms with Crippen LogP contribution in [0.15, 0.2) is 12.1 Å². The maximum atomic E-state index is 12.2. The van der Waals surface area contributed by atoms with Crippen molar-refractivity contribution in [2.24, 2.45) is 5.41 Å². The van der Waals surface area contributed by atoms with Crippen molar-refractivity contribution in [1.82, 2.24) is 10.2 Å². The number of carbonyl (C=O) groups excluding carboxylic acids is 3. The standard InChI is InChI=1S/C12H12N2O3S/c1-7-2-3-8(18-7)6-14-10(16)12(4-5-12)9(15)13-11(14)17/h2-3H,4-6H2,1H3,(H,13,15,17). The predicted octanol–water partition coefficient (Wildman–Crippen LogP) is 1.42. The third-order valence-electron chi connectivity index (χ3n) is 3.41. The molecule has 0 radical (unpaired) electrons. The number of hydrogen-bond acceptors (Lipinski definition) is 4. The van der Waals surface area contributed by atoms with E-state index in [1.54, 1.807) is 11.3 Å². The molecule has 0 bridgehead atoms. The van der Waals surface area contributed by atoms with E-state index in [0.717, 1.165) is 14.7 Å². The Morgan fingerprint density at radius 2 is 2.06 bits per heavy atom. The van der Waals surface area contributed by atoms with Gasteiger partial charge in [0.1, 0.15) is 5.41 Å². The zero-order valence-electron chi connectivity index (χ0n) is 9.86. The number of thiophene rings is 1. The van der Waals surface area contributed by atoms with Crippen LogP contribution >= 0.6 is 11.3 Å². The summed E-state index contributed by atoms with van der Waals surface area (Å²) in [6.45, 7) is 2.22. The molecule has 2 aliphatic rings. The van der Waals surface area contributed by atoms with Crippen molar-refractivity contribution in [3.05, 3.63) is 21.9 Å². The van der Waals surface area contributed by atoms with Crippen molar-refractivity contribution in [1.29, 1.82) is 0 Å². The molecule has 3 rings (SSSR count). The summed E-state index contributed by atoms with van der Waals surface area (Å²) < 4.78 is 0. The van der Waals surface area contributed by atoms with Crippen LogP contribution in [-0.4, -0.2) is 22.7 Å². The summed E-state index contributed by atoms with van der Waals surface area (Å²) in [6.07, 6.45) is 1.09. The Bertz CT molecular complexity index is 559. The van der Waals surface area contributed by atoms with E-state index in [1.165, 1.54) is 0 Å². The van der Waals surface area contributed by atoms with E-state index in [0.29, 0.717) is 12.8 Å². The monoisotopic (exact) mass is 264 g/mol. The van der Waals surface area contributed by atoms with E-state index in [2.05, 4.69) is 5.32 Å². The first-order valence-electron chi connectivity index (χ1n) is 5.76. The fourth-order valence-electron chi connectivity index (χ4n) is 2.17. The van der Waals surface area contributed by atoms with E-state index in [9.17, 15) is 14.4 Å². The van der Waals surface area contributed by atoms with Crippen LogP contribution in [0.4, 0.5) is 4.79 Å². The smallest absolute Gasteiger partial charge is 0.277 e. The van der Waals surface area contributed by atoms with Crippen LogP contribution in [-0.2, 0) is 16.1 Å². The highest BCUT2D eigenvalue weighted by Gasteiger charge is 2.62. The lowest BCUT2D eigenvalue weighted by Crippen LogP contribution is -2.58. The highest BCUT2D eigenvalue weighted by atomic mass is 32.1. The number of carbonyl (C=O) groups is 3. The van der Waals surface area contributed by atoms with Gasteiger partial charge in [0.25, 0.3) is 0 Å². The summed E-state index contributed by atoms with van der Waals surface area (Å²) in [5, 5.41) is 2.27. The topological polar surface area (TPSA) is 66.5 Å². The lowest BCUT2D eigenvalue weighted by atomic mass is 10.0. The van der Waals surface area contributed by atoms with E-state index in [4.69, 9.17) is 0 Å². The fourth-order valence-corrected chi connectivity index (χ4v) is 3.05. The molecule has 2 heterocycles. The van der Waals surface area contributed by atoms with Crippen molar-refractivity contribution in [2.45, 2.75) is 26.3 Å². The molecule has 1 aromatic rings. The average molecular weight is 264 g/mol. The van der Waals surface area contributed by atoms with Gasteiger partial charge in [0, 0.05) is 9.75 Å². The Morgan fingerprint density at radius 1 is 1.33 bits per heavy atom. The van der Waals surface area contributed by atoms with Gasteiger partial charge in [0.2, 0.25) is 11.8 Å². The van der Waals surface area contributed by atoms with E-state index in [1.807, 2.05) is 19.1 Å². The summed E-state index contributed by atoms with van der Waals surface area (Å²) in [5.74, 6) is -0.779. The van der Waals surface area contributed by atoms with Gasteiger partial charge in [-0.3, -0.25) is 19.8 Å². The van der Waals surface area contributed by atoms with Crippen LogP contribution in [0, 0.1) is 12.3 Å². The number of urea groups is 1.